The van der Waals surface area contributed by atoms with Crippen molar-refractivity contribution in [3.63, 3.8) is 0 Å². The van der Waals surface area contributed by atoms with Crippen LogP contribution in [0, 0.1) is 11.6 Å². The summed E-state index contributed by atoms with van der Waals surface area (Å²) < 4.78 is 52.8. The van der Waals surface area contributed by atoms with Gasteiger partial charge in [-0.25, -0.2) is 8.78 Å². The molecule has 2 N–H and O–H groups in total. The van der Waals surface area contributed by atoms with E-state index in [0.29, 0.717) is 54.2 Å². The maximum absolute atomic E-state index is 15.0. The van der Waals surface area contributed by atoms with E-state index >= 15 is 0 Å². The molecule has 2 unspecified atom stereocenters. The molecule has 2 atom stereocenters. The quantitative estimate of drug-likeness (QED) is 0.311. The van der Waals surface area contributed by atoms with Crippen molar-refractivity contribution >= 4 is 5.97 Å². The summed E-state index contributed by atoms with van der Waals surface area (Å²) >= 11 is 0. The Kier molecular flexibility index (Phi) is 7.36. The highest BCUT2D eigenvalue weighted by atomic mass is 19.1. The first-order chi connectivity index (χ1) is 18.6. The first kappa shape index (κ1) is 26.7. The molecule has 3 aromatic carbocycles. The number of carbonyl (C=O) groups is 1. The van der Waals surface area contributed by atoms with E-state index in [1.165, 1.54) is 24.3 Å². The minimum absolute atomic E-state index is 0.0150. The molecule has 9 heteroatoms. The average molecular weight is 541 g/mol. The van der Waals surface area contributed by atoms with Crippen LogP contribution in [0.1, 0.15) is 61.8 Å². The maximum Gasteiger partial charge on any atom is 0.304 e. The van der Waals surface area contributed by atoms with Crippen LogP contribution in [0.5, 0.6) is 28.7 Å². The third kappa shape index (κ3) is 6.09. The van der Waals surface area contributed by atoms with E-state index in [1.54, 1.807) is 38.1 Å². The first-order valence-electron chi connectivity index (χ1n) is 12.9. The van der Waals surface area contributed by atoms with Crippen LogP contribution in [0.3, 0.4) is 0 Å². The van der Waals surface area contributed by atoms with E-state index in [0.717, 1.165) is 5.56 Å². The number of carboxylic acids is 1. The molecule has 1 aliphatic carbocycles. The molecule has 39 heavy (non-hydrogen) atoms. The summed E-state index contributed by atoms with van der Waals surface area (Å²) in [5.74, 6) is -0.338. The van der Waals surface area contributed by atoms with E-state index in [1.807, 2.05) is 0 Å². The highest BCUT2D eigenvalue weighted by Gasteiger charge is 2.32. The molecule has 206 valence electrons. The lowest BCUT2D eigenvalue weighted by molar-refractivity contribution is -0.137. The van der Waals surface area contributed by atoms with Gasteiger partial charge in [-0.1, -0.05) is 6.07 Å². The fourth-order valence-corrected chi connectivity index (χ4v) is 4.93. The Bertz CT molecular complexity index is 1380. The van der Waals surface area contributed by atoms with Gasteiger partial charge in [-0.2, -0.15) is 0 Å². The van der Waals surface area contributed by atoms with Crippen molar-refractivity contribution in [2.24, 2.45) is 0 Å². The van der Waals surface area contributed by atoms with Gasteiger partial charge >= 0.3 is 5.97 Å². The van der Waals surface area contributed by atoms with Crippen LogP contribution in [-0.2, 0) is 11.2 Å². The Morgan fingerprint density at radius 1 is 1.05 bits per heavy atom. The van der Waals surface area contributed by atoms with Gasteiger partial charge in [0.2, 0.25) is 0 Å². The Balaban J connectivity index is 1.29. The molecule has 3 aromatic rings. The molecule has 5 rings (SSSR count). The third-order valence-corrected chi connectivity index (χ3v) is 6.91. The van der Waals surface area contributed by atoms with Crippen molar-refractivity contribution in [2.45, 2.75) is 57.2 Å². The Labute approximate surface area is 224 Å². The Morgan fingerprint density at radius 3 is 2.56 bits per heavy atom. The summed E-state index contributed by atoms with van der Waals surface area (Å²) in [4.78, 5) is 11.1. The van der Waals surface area contributed by atoms with Crippen LogP contribution < -0.4 is 18.9 Å². The highest BCUT2D eigenvalue weighted by Crippen LogP contribution is 2.44. The van der Waals surface area contributed by atoms with Gasteiger partial charge in [0.05, 0.1) is 25.2 Å². The van der Waals surface area contributed by atoms with Crippen LogP contribution in [0.15, 0.2) is 48.5 Å². The normalized spacial score (nSPS) is 17.8. The topological polar surface area (TPSA) is 94.5 Å². The van der Waals surface area contributed by atoms with E-state index < -0.39 is 29.3 Å². The predicted molar refractivity (Wildman–Crippen MR) is 138 cm³/mol. The van der Waals surface area contributed by atoms with Crippen molar-refractivity contribution in [3.05, 3.63) is 76.9 Å². The molecule has 0 aromatic heterocycles. The molecule has 0 radical (unpaired) electrons. The van der Waals surface area contributed by atoms with Crippen molar-refractivity contribution in [1.82, 2.24) is 0 Å². The largest absolute Gasteiger partial charge is 0.492 e. The number of aliphatic carboxylic acids is 1. The molecule has 0 spiro atoms. The average Bonchev–Trinajstić information content (AvgIpc) is 3.46. The van der Waals surface area contributed by atoms with Gasteiger partial charge in [-0.15, -0.1) is 0 Å². The van der Waals surface area contributed by atoms with Crippen molar-refractivity contribution < 1.29 is 42.7 Å². The van der Waals surface area contributed by atoms with Crippen molar-refractivity contribution in [3.8, 4) is 28.7 Å². The number of rotatable bonds is 10. The van der Waals surface area contributed by atoms with E-state index in [9.17, 15) is 18.7 Å². The molecular weight excluding hydrogens is 510 g/mol. The summed E-state index contributed by atoms with van der Waals surface area (Å²) in [5.41, 5.74) is 0.956. The number of benzene rings is 3. The second-order valence-electron chi connectivity index (χ2n) is 10.5. The van der Waals surface area contributed by atoms with E-state index in [4.69, 9.17) is 24.1 Å². The van der Waals surface area contributed by atoms with Gasteiger partial charge in [0.1, 0.15) is 34.9 Å². The van der Waals surface area contributed by atoms with E-state index in [2.05, 4.69) is 0 Å². The summed E-state index contributed by atoms with van der Waals surface area (Å²) in [6, 6.07) is 12.3. The molecule has 0 bridgehead atoms. The molecule has 7 nitrogen and oxygen atoms in total. The first-order valence-corrected chi connectivity index (χ1v) is 12.9. The monoisotopic (exact) mass is 540 g/mol. The Hall–Kier alpha value is -3.85. The summed E-state index contributed by atoms with van der Waals surface area (Å²) in [5, 5.41) is 18.9. The van der Waals surface area contributed by atoms with Crippen molar-refractivity contribution in [1.29, 1.82) is 0 Å². The predicted octanol–water partition coefficient (Wildman–Crippen LogP) is 6.31. The third-order valence-electron chi connectivity index (χ3n) is 6.91. The smallest absolute Gasteiger partial charge is 0.304 e. The summed E-state index contributed by atoms with van der Waals surface area (Å²) in [7, 11) is 0. The zero-order valence-corrected chi connectivity index (χ0v) is 21.7. The number of halogens is 2. The molecular formula is C30H30F2O7. The number of fused-ring (bicyclic) bond motifs is 2. The number of ether oxygens (including phenoxy) is 4. The van der Waals surface area contributed by atoms with Gasteiger partial charge < -0.3 is 29.2 Å². The zero-order valence-electron chi connectivity index (χ0n) is 21.7. The Morgan fingerprint density at radius 2 is 1.82 bits per heavy atom. The van der Waals surface area contributed by atoms with Gasteiger partial charge in [0, 0.05) is 41.2 Å². The molecule has 0 saturated carbocycles. The summed E-state index contributed by atoms with van der Waals surface area (Å²) in [6.45, 7) is 3.76. The second kappa shape index (κ2) is 10.7. The standard InChI is InChI=1S/C30H30F2O7/c1-30(2,35)11-12-36-25-8-4-18(14-23(25)32)38-24-10-7-22(31)29-21(24)6-9-26(29)39-19-3-5-20-17(13-28(33)34)16-37-27(20)15-19/h3-5,7-8,10,14-15,17,26,35H,6,9,11-13,16H2,1-2H3,(H,33,34). The minimum atomic E-state index is -0.913. The van der Waals surface area contributed by atoms with Crippen LogP contribution in [0.2, 0.25) is 0 Å². The SMILES string of the molecule is CC(C)(O)CCOc1ccc(Oc2ccc(F)c3c2CCC3Oc2ccc3c(c2)OCC3CC(=O)O)cc1F. The van der Waals surface area contributed by atoms with Crippen LogP contribution in [0.25, 0.3) is 0 Å². The fraction of sp³-hybridized carbons (Fsp3) is 0.367. The van der Waals surface area contributed by atoms with Crippen LogP contribution >= 0.6 is 0 Å². The van der Waals surface area contributed by atoms with Crippen LogP contribution in [-0.4, -0.2) is 35.0 Å². The molecule has 1 aliphatic heterocycles. The fourth-order valence-electron chi connectivity index (χ4n) is 4.93. The van der Waals surface area contributed by atoms with Crippen LogP contribution in [0.4, 0.5) is 8.78 Å². The number of aliphatic hydroxyl groups is 1. The molecule has 0 saturated heterocycles. The molecule has 1 heterocycles. The van der Waals surface area contributed by atoms with Gasteiger partial charge in [0.15, 0.2) is 11.6 Å². The minimum Gasteiger partial charge on any atom is -0.492 e. The number of carboxylic acid groups (broad SMARTS) is 1. The van der Waals surface area contributed by atoms with Gasteiger partial charge in [-0.05, 0) is 57.0 Å². The lowest BCUT2D eigenvalue weighted by atomic mass is 9.98. The number of hydrogen-bond donors (Lipinski definition) is 2. The van der Waals surface area contributed by atoms with Crippen molar-refractivity contribution in [2.75, 3.05) is 13.2 Å². The molecule has 2 aliphatic rings. The zero-order chi connectivity index (χ0) is 27.7. The second-order valence-corrected chi connectivity index (χ2v) is 10.5. The lowest BCUT2D eigenvalue weighted by Gasteiger charge is -2.18. The highest BCUT2D eigenvalue weighted by molar-refractivity contribution is 5.68. The van der Waals surface area contributed by atoms with Gasteiger partial charge in [-0.3, -0.25) is 4.79 Å². The van der Waals surface area contributed by atoms with E-state index in [-0.39, 0.29) is 30.4 Å². The molecule has 0 amide bonds. The lowest BCUT2D eigenvalue weighted by Crippen LogP contribution is -2.21. The maximum atomic E-state index is 15.0. The summed E-state index contributed by atoms with van der Waals surface area (Å²) in [6.07, 6.45) is 0.809. The number of hydrogen-bond acceptors (Lipinski definition) is 6. The van der Waals surface area contributed by atoms with Gasteiger partial charge in [0.25, 0.3) is 0 Å². The molecule has 0 fully saturated rings.